The van der Waals surface area contributed by atoms with Crippen molar-refractivity contribution in [2.45, 2.75) is 6.92 Å². The van der Waals surface area contributed by atoms with E-state index in [0.29, 0.717) is 57.7 Å². The number of benzene rings is 4. The van der Waals surface area contributed by atoms with Gasteiger partial charge < -0.3 is 9.84 Å². The van der Waals surface area contributed by atoms with Gasteiger partial charge in [0.25, 0.3) is 5.17 Å². The first-order chi connectivity index (χ1) is 16.0. The quantitative estimate of drug-likeness (QED) is 0.290. The van der Waals surface area contributed by atoms with Crippen LogP contribution >= 0.6 is 12.2 Å². The average Bonchev–Trinajstić information content (AvgIpc) is 2.84. The maximum atomic E-state index is 12.2. The molecule has 0 fully saturated rings. The molecule has 164 valence electrons. The molecule has 0 amide bonds. The predicted molar refractivity (Wildman–Crippen MR) is 132 cm³/mol. The van der Waals surface area contributed by atoms with Crippen LogP contribution in [-0.2, 0) is 4.74 Å². The predicted octanol–water partition coefficient (Wildman–Crippen LogP) is 5.78. The van der Waals surface area contributed by atoms with Crippen LogP contribution in [0.2, 0.25) is 0 Å². The molecule has 0 radical (unpaired) electrons. The normalized spacial score (nSPS) is 10.7. The summed E-state index contributed by atoms with van der Waals surface area (Å²) in [5.74, 6) is -1.05. The summed E-state index contributed by atoms with van der Waals surface area (Å²) < 4.78 is 5.70. The molecular weight excluding hydrogens is 438 g/mol. The number of carbonyl (C=O) groups excluding carboxylic acids is 2. The maximum absolute atomic E-state index is 12.2. The molecule has 4 aromatic carbocycles. The molecule has 0 aliphatic rings. The fourth-order valence-corrected chi connectivity index (χ4v) is 4.32. The van der Waals surface area contributed by atoms with Crippen molar-refractivity contribution < 1.29 is 24.2 Å². The molecule has 0 aliphatic carbocycles. The lowest BCUT2D eigenvalue weighted by Gasteiger charge is -2.29. The number of aromatic carboxylic acids is 1. The molecule has 0 heterocycles. The van der Waals surface area contributed by atoms with Gasteiger partial charge in [-0.25, -0.2) is 4.79 Å². The summed E-state index contributed by atoms with van der Waals surface area (Å²) in [6, 6.07) is 19.0. The summed E-state index contributed by atoms with van der Waals surface area (Å²) in [5.41, 5.74) is 1.79. The SMILES string of the molecule is CCOC(=S)N(c1ccc(C(=O)O)c2ccccc12)c1c(C=O)cc(C=O)c2ccccc12. The first-order valence-corrected chi connectivity index (χ1v) is 10.6. The minimum absolute atomic E-state index is 0.0952. The van der Waals surface area contributed by atoms with Gasteiger partial charge in [0.05, 0.1) is 23.5 Å². The van der Waals surface area contributed by atoms with Gasteiger partial charge >= 0.3 is 5.97 Å². The molecule has 4 aromatic rings. The number of nitrogens with zero attached hydrogens (tertiary/aromatic N) is 1. The maximum Gasteiger partial charge on any atom is 0.336 e. The van der Waals surface area contributed by atoms with E-state index in [4.69, 9.17) is 17.0 Å². The molecule has 7 heteroatoms. The third kappa shape index (κ3) is 3.83. The van der Waals surface area contributed by atoms with Crippen LogP contribution in [0.5, 0.6) is 0 Å². The Hall–Kier alpha value is -4.10. The Morgan fingerprint density at radius 3 is 2.12 bits per heavy atom. The van der Waals surface area contributed by atoms with Gasteiger partial charge in [0, 0.05) is 21.9 Å². The van der Waals surface area contributed by atoms with Crippen molar-refractivity contribution in [2.75, 3.05) is 11.5 Å². The highest BCUT2D eigenvalue weighted by molar-refractivity contribution is 7.80. The van der Waals surface area contributed by atoms with Gasteiger partial charge in [-0.3, -0.25) is 14.5 Å². The van der Waals surface area contributed by atoms with Crippen molar-refractivity contribution in [3.8, 4) is 0 Å². The van der Waals surface area contributed by atoms with E-state index in [2.05, 4.69) is 0 Å². The van der Waals surface area contributed by atoms with Crippen LogP contribution in [0, 0.1) is 0 Å². The Labute approximate surface area is 195 Å². The number of anilines is 2. The average molecular weight is 458 g/mol. The third-order valence-corrected chi connectivity index (χ3v) is 5.68. The Morgan fingerprint density at radius 1 is 0.909 bits per heavy atom. The van der Waals surface area contributed by atoms with Crippen molar-refractivity contribution in [2.24, 2.45) is 0 Å². The number of carboxylic acids is 1. The first kappa shape index (κ1) is 22.1. The number of ether oxygens (including phenoxy) is 1. The van der Waals surface area contributed by atoms with Crippen molar-refractivity contribution in [3.05, 3.63) is 83.4 Å². The number of hydrogen-bond acceptors (Lipinski definition) is 5. The molecular formula is C26H19NO5S. The Morgan fingerprint density at radius 2 is 1.52 bits per heavy atom. The number of aldehydes is 2. The van der Waals surface area contributed by atoms with Crippen molar-refractivity contribution >= 4 is 68.9 Å². The zero-order valence-corrected chi connectivity index (χ0v) is 18.5. The lowest BCUT2D eigenvalue weighted by atomic mass is 9.97. The van der Waals surface area contributed by atoms with Crippen LogP contribution in [0.4, 0.5) is 11.4 Å². The number of carbonyl (C=O) groups is 3. The lowest BCUT2D eigenvalue weighted by Crippen LogP contribution is -2.28. The summed E-state index contributed by atoms with van der Waals surface area (Å²) in [6.07, 6.45) is 1.38. The molecule has 1 N–H and O–H groups in total. The minimum atomic E-state index is -1.05. The second-order valence-electron chi connectivity index (χ2n) is 7.20. The molecule has 6 nitrogen and oxygen atoms in total. The Kier molecular flexibility index (Phi) is 6.15. The van der Waals surface area contributed by atoms with Crippen molar-refractivity contribution in [1.82, 2.24) is 0 Å². The van der Waals surface area contributed by atoms with E-state index in [9.17, 15) is 19.5 Å². The monoisotopic (exact) mass is 457 g/mol. The number of carboxylic acid groups (broad SMARTS) is 1. The molecule has 4 rings (SSSR count). The van der Waals surface area contributed by atoms with Crippen LogP contribution in [0.25, 0.3) is 21.5 Å². The highest BCUT2D eigenvalue weighted by Gasteiger charge is 2.25. The van der Waals surface area contributed by atoms with Gasteiger partial charge in [0.1, 0.15) is 0 Å². The van der Waals surface area contributed by atoms with Crippen LogP contribution in [0.3, 0.4) is 0 Å². The van der Waals surface area contributed by atoms with Gasteiger partial charge in [-0.2, -0.15) is 0 Å². The van der Waals surface area contributed by atoms with Gasteiger partial charge in [-0.05, 0) is 48.1 Å². The molecule has 0 aromatic heterocycles. The minimum Gasteiger partial charge on any atom is -0.478 e. The van der Waals surface area contributed by atoms with Crippen LogP contribution in [-0.4, -0.2) is 35.4 Å². The number of hydrogen-bond donors (Lipinski definition) is 1. The van der Waals surface area contributed by atoms with E-state index < -0.39 is 5.97 Å². The molecule has 33 heavy (non-hydrogen) atoms. The molecule has 0 saturated carbocycles. The topological polar surface area (TPSA) is 83.9 Å². The zero-order chi connectivity index (χ0) is 23.5. The van der Waals surface area contributed by atoms with Crippen LogP contribution < -0.4 is 4.90 Å². The van der Waals surface area contributed by atoms with Gasteiger partial charge in [0.15, 0.2) is 12.6 Å². The largest absolute Gasteiger partial charge is 0.478 e. The highest BCUT2D eigenvalue weighted by atomic mass is 32.1. The van der Waals surface area contributed by atoms with E-state index in [1.165, 1.54) is 12.1 Å². The second kappa shape index (κ2) is 9.18. The Balaban J connectivity index is 2.13. The van der Waals surface area contributed by atoms with Crippen molar-refractivity contribution in [1.29, 1.82) is 0 Å². The van der Waals surface area contributed by atoms with Gasteiger partial charge in [-0.1, -0.05) is 48.5 Å². The van der Waals surface area contributed by atoms with E-state index >= 15 is 0 Å². The standard InChI is InChI=1S/C26H19NO5S/c1-2-32-26(33)27(23-12-11-22(25(30)31)19-8-4-5-9-20(19)23)24-17(15-29)13-16(14-28)18-7-3-6-10-21(18)24/h3-15H,2H2,1H3,(H,30,31). The van der Waals surface area contributed by atoms with Crippen molar-refractivity contribution in [3.63, 3.8) is 0 Å². The fraction of sp³-hybridized carbons (Fsp3) is 0.0769. The summed E-state index contributed by atoms with van der Waals surface area (Å²) in [7, 11) is 0. The second-order valence-corrected chi connectivity index (χ2v) is 7.55. The van der Waals surface area contributed by atoms with E-state index in [-0.39, 0.29) is 16.3 Å². The van der Waals surface area contributed by atoms with E-state index in [1.807, 2.05) is 12.1 Å². The first-order valence-electron chi connectivity index (χ1n) is 10.2. The molecule has 0 atom stereocenters. The summed E-state index contributed by atoms with van der Waals surface area (Å²) in [5, 5.41) is 12.2. The molecule has 0 saturated heterocycles. The summed E-state index contributed by atoms with van der Waals surface area (Å²) >= 11 is 5.62. The highest BCUT2D eigenvalue weighted by Crippen LogP contribution is 2.40. The zero-order valence-electron chi connectivity index (χ0n) is 17.6. The smallest absolute Gasteiger partial charge is 0.336 e. The number of fused-ring (bicyclic) bond motifs is 2. The van der Waals surface area contributed by atoms with E-state index in [0.717, 1.165) is 0 Å². The van der Waals surface area contributed by atoms with Crippen LogP contribution in [0.15, 0.2) is 66.7 Å². The Bertz CT molecular complexity index is 1430. The van der Waals surface area contributed by atoms with Crippen LogP contribution in [0.1, 0.15) is 38.0 Å². The summed E-state index contributed by atoms with van der Waals surface area (Å²) in [4.78, 5) is 37.3. The van der Waals surface area contributed by atoms with Gasteiger partial charge in [-0.15, -0.1) is 0 Å². The third-order valence-electron chi connectivity index (χ3n) is 5.38. The fourth-order valence-electron chi connectivity index (χ4n) is 4.01. The van der Waals surface area contributed by atoms with Gasteiger partial charge in [0.2, 0.25) is 0 Å². The number of rotatable bonds is 6. The number of thiocarbonyl (C=S) groups is 1. The lowest BCUT2D eigenvalue weighted by molar-refractivity contribution is 0.0698. The van der Waals surface area contributed by atoms with E-state index in [1.54, 1.807) is 54.3 Å². The molecule has 0 aliphatic heterocycles. The molecule has 0 spiro atoms. The molecule has 0 unspecified atom stereocenters. The molecule has 0 bridgehead atoms. The summed E-state index contributed by atoms with van der Waals surface area (Å²) in [6.45, 7) is 2.09.